The standard InChI is InChI=1S/C17H16N2O/c1-20-17-8-4-7-16-15(17)11-13-5-2-3-6-14(13)12-19(16)10-9-18/h2-8H,10-12H2,1H3. The number of fused-ring (bicyclic) bond motifs is 2. The van der Waals surface area contributed by atoms with Crippen LogP contribution in [-0.4, -0.2) is 13.7 Å². The molecule has 1 heterocycles. The molecule has 0 saturated carbocycles. The Morgan fingerprint density at radius 2 is 1.95 bits per heavy atom. The minimum absolute atomic E-state index is 0.383. The van der Waals surface area contributed by atoms with Gasteiger partial charge in [-0.3, -0.25) is 0 Å². The maximum absolute atomic E-state index is 9.09. The molecule has 0 atom stereocenters. The number of ether oxygens (including phenoxy) is 1. The molecule has 3 rings (SSSR count). The second-order valence-corrected chi connectivity index (χ2v) is 4.92. The van der Waals surface area contributed by atoms with E-state index in [0.29, 0.717) is 6.54 Å². The van der Waals surface area contributed by atoms with Crippen molar-refractivity contribution < 1.29 is 4.74 Å². The summed E-state index contributed by atoms with van der Waals surface area (Å²) < 4.78 is 5.50. The molecule has 0 bridgehead atoms. The van der Waals surface area contributed by atoms with Crippen LogP contribution in [0.4, 0.5) is 5.69 Å². The minimum Gasteiger partial charge on any atom is -0.496 e. The first kappa shape index (κ1) is 12.6. The summed E-state index contributed by atoms with van der Waals surface area (Å²) in [6.45, 7) is 1.15. The molecule has 0 unspecified atom stereocenters. The summed E-state index contributed by atoms with van der Waals surface area (Å²) in [4.78, 5) is 2.11. The molecule has 3 nitrogen and oxygen atoms in total. The van der Waals surface area contributed by atoms with Crippen LogP contribution in [0.15, 0.2) is 42.5 Å². The van der Waals surface area contributed by atoms with Gasteiger partial charge in [0.05, 0.1) is 13.2 Å². The number of anilines is 1. The quantitative estimate of drug-likeness (QED) is 0.782. The zero-order valence-corrected chi connectivity index (χ0v) is 11.5. The summed E-state index contributed by atoms with van der Waals surface area (Å²) in [5.41, 5.74) is 4.84. The number of benzene rings is 2. The van der Waals surface area contributed by atoms with Crippen molar-refractivity contribution in [3.8, 4) is 11.8 Å². The molecule has 0 saturated heterocycles. The Morgan fingerprint density at radius 3 is 2.70 bits per heavy atom. The molecular formula is C17H16N2O. The van der Waals surface area contributed by atoms with E-state index in [4.69, 9.17) is 10.00 Å². The van der Waals surface area contributed by atoms with E-state index in [9.17, 15) is 0 Å². The van der Waals surface area contributed by atoms with E-state index in [1.165, 1.54) is 11.1 Å². The molecule has 0 aromatic heterocycles. The van der Waals surface area contributed by atoms with Gasteiger partial charge in [-0.15, -0.1) is 0 Å². The lowest BCUT2D eigenvalue weighted by Crippen LogP contribution is -2.23. The van der Waals surface area contributed by atoms with Gasteiger partial charge in [0, 0.05) is 24.2 Å². The van der Waals surface area contributed by atoms with E-state index < -0.39 is 0 Å². The molecule has 0 amide bonds. The van der Waals surface area contributed by atoms with Gasteiger partial charge in [-0.05, 0) is 23.3 Å². The SMILES string of the molecule is COc1cccc2c1Cc1ccccc1CN2CC#N. The predicted molar refractivity (Wildman–Crippen MR) is 78.9 cm³/mol. The molecule has 2 aromatic carbocycles. The van der Waals surface area contributed by atoms with Gasteiger partial charge in [0.25, 0.3) is 0 Å². The third kappa shape index (κ3) is 2.10. The van der Waals surface area contributed by atoms with Crippen molar-refractivity contribution >= 4 is 5.69 Å². The lowest BCUT2D eigenvalue weighted by Gasteiger charge is -2.23. The highest BCUT2D eigenvalue weighted by atomic mass is 16.5. The highest BCUT2D eigenvalue weighted by Gasteiger charge is 2.21. The first-order chi connectivity index (χ1) is 9.83. The van der Waals surface area contributed by atoms with E-state index in [2.05, 4.69) is 41.3 Å². The largest absolute Gasteiger partial charge is 0.496 e. The van der Waals surface area contributed by atoms with Crippen LogP contribution in [0.1, 0.15) is 16.7 Å². The van der Waals surface area contributed by atoms with Gasteiger partial charge in [-0.1, -0.05) is 30.3 Å². The molecule has 3 heteroatoms. The Bertz CT molecular complexity index is 673. The zero-order chi connectivity index (χ0) is 13.9. The summed E-state index contributed by atoms with van der Waals surface area (Å²) in [6, 6.07) is 16.7. The molecule has 100 valence electrons. The highest BCUT2D eigenvalue weighted by Crippen LogP contribution is 2.35. The van der Waals surface area contributed by atoms with Crippen LogP contribution >= 0.6 is 0 Å². The minimum atomic E-state index is 0.383. The number of rotatable bonds is 2. The zero-order valence-electron chi connectivity index (χ0n) is 11.5. The second-order valence-electron chi connectivity index (χ2n) is 4.92. The van der Waals surface area contributed by atoms with Gasteiger partial charge < -0.3 is 9.64 Å². The molecule has 0 spiro atoms. The third-order valence-corrected chi connectivity index (χ3v) is 3.78. The number of methoxy groups -OCH3 is 1. The van der Waals surface area contributed by atoms with Crippen LogP contribution in [0.3, 0.4) is 0 Å². The Hall–Kier alpha value is -2.47. The van der Waals surface area contributed by atoms with Gasteiger partial charge in [-0.25, -0.2) is 0 Å². The van der Waals surface area contributed by atoms with Crippen molar-refractivity contribution in [2.24, 2.45) is 0 Å². The van der Waals surface area contributed by atoms with Crippen LogP contribution in [0.25, 0.3) is 0 Å². The Balaban J connectivity index is 2.17. The lowest BCUT2D eigenvalue weighted by molar-refractivity contribution is 0.410. The average molecular weight is 264 g/mol. The maximum atomic E-state index is 9.09. The second kappa shape index (κ2) is 5.26. The monoisotopic (exact) mass is 264 g/mol. The predicted octanol–water partition coefficient (Wildman–Crippen LogP) is 3.13. The van der Waals surface area contributed by atoms with Crippen molar-refractivity contribution in [2.75, 3.05) is 18.6 Å². The van der Waals surface area contributed by atoms with Gasteiger partial charge in [-0.2, -0.15) is 5.26 Å². The normalized spacial score (nSPS) is 12.9. The molecule has 2 aromatic rings. The summed E-state index contributed by atoms with van der Waals surface area (Å²) in [7, 11) is 1.70. The molecule has 0 fully saturated rings. The van der Waals surface area contributed by atoms with Crippen LogP contribution in [0, 0.1) is 11.3 Å². The summed E-state index contributed by atoms with van der Waals surface area (Å²) in [6.07, 6.45) is 0.845. The fraction of sp³-hybridized carbons (Fsp3) is 0.235. The fourth-order valence-electron chi connectivity index (χ4n) is 2.81. The van der Waals surface area contributed by atoms with Crippen molar-refractivity contribution in [1.82, 2.24) is 0 Å². The number of nitrogens with zero attached hydrogens (tertiary/aromatic N) is 2. The van der Waals surface area contributed by atoms with Crippen molar-refractivity contribution in [3.05, 3.63) is 59.2 Å². The molecule has 0 radical (unpaired) electrons. The Kier molecular flexibility index (Phi) is 3.30. The Labute approximate surface area is 119 Å². The summed E-state index contributed by atoms with van der Waals surface area (Å²) in [5, 5.41) is 9.09. The average Bonchev–Trinajstić information content (AvgIpc) is 2.64. The van der Waals surface area contributed by atoms with E-state index in [1.807, 2.05) is 12.1 Å². The smallest absolute Gasteiger partial charge is 0.124 e. The molecule has 0 N–H and O–H groups in total. The number of hydrogen-bond acceptors (Lipinski definition) is 3. The van der Waals surface area contributed by atoms with E-state index in [0.717, 1.165) is 30.0 Å². The van der Waals surface area contributed by atoms with Crippen molar-refractivity contribution in [1.29, 1.82) is 5.26 Å². The van der Waals surface area contributed by atoms with Gasteiger partial charge in [0.2, 0.25) is 0 Å². The Morgan fingerprint density at radius 1 is 1.15 bits per heavy atom. The number of hydrogen-bond donors (Lipinski definition) is 0. The van der Waals surface area contributed by atoms with E-state index in [1.54, 1.807) is 7.11 Å². The van der Waals surface area contributed by atoms with Gasteiger partial charge in [0.1, 0.15) is 12.3 Å². The first-order valence-corrected chi connectivity index (χ1v) is 6.68. The molecule has 0 aliphatic carbocycles. The first-order valence-electron chi connectivity index (χ1n) is 6.68. The summed E-state index contributed by atoms with van der Waals surface area (Å²) in [5.74, 6) is 0.891. The van der Waals surface area contributed by atoms with Gasteiger partial charge >= 0.3 is 0 Å². The van der Waals surface area contributed by atoms with E-state index in [-0.39, 0.29) is 0 Å². The fourth-order valence-corrected chi connectivity index (χ4v) is 2.81. The molecule has 20 heavy (non-hydrogen) atoms. The molecule has 1 aliphatic rings. The van der Waals surface area contributed by atoms with Gasteiger partial charge in [0.15, 0.2) is 0 Å². The molecular weight excluding hydrogens is 248 g/mol. The highest BCUT2D eigenvalue weighted by molar-refractivity contribution is 5.63. The van der Waals surface area contributed by atoms with Crippen molar-refractivity contribution in [3.63, 3.8) is 0 Å². The maximum Gasteiger partial charge on any atom is 0.124 e. The lowest BCUT2D eigenvalue weighted by atomic mass is 10.00. The van der Waals surface area contributed by atoms with Crippen LogP contribution in [-0.2, 0) is 13.0 Å². The van der Waals surface area contributed by atoms with Crippen LogP contribution in [0.5, 0.6) is 5.75 Å². The topological polar surface area (TPSA) is 36.3 Å². The van der Waals surface area contributed by atoms with Crippen LogP contribution < -0.4 is 9.64 Å². The van der Waals surface area contributed by atoms with Crippen molar-refractivity contribution in [2.45, 2.75) is 13.0 Å². The van der Waals surface area contributed by atoms with E-state index >= 15 is 0 Å². The third-order valence-electron chi connectivity index (χ3n) is 3.78. The number of nitriles is 1. The molecule has 1 aliphatic heterocycles. The van der Waals surface area contributed by atoms with Crippen LogP contribution in [0.2, 0.25) is 0 Å². The summed E-state index contributed by atoms with van der Waals surface area (Å²) >= 11 is 0.